The summed E-state index contributed by atoms with van der Waals surface area (Å²) in [4.78, 5) is 0. The molecule has 4 aromatic carbocycles. The number of fused-ring (bicyclic) bond motifs is 8. The van der Waals surface area contributed by atoms with Gasteiger partial charge in [-0.25, -0.2) is 4.58 Å². The Labute approximate surface area is 186 Å². The molecule has 0 aromatic heterocycles. The molecular weight excluding hydrogens is 392 g/mol. The van der Waals surface area contributed by atoms with Crippen molar-refractivity contribution in [1.82, 2.24) is 4.58 Å². The first-order chi connectivity index (χ1) is 15.7. The molecule has 0 radical (unpaired) electrons. The van der Waals surface area contributed by atoms with E-state index in [-0.39, 0.29) is 0 Å². The van der Waals surface area contributed by atoms with Gasteiger partial charge in [-0.15, -0.1) is 0 Å². The van der Waals surface area contributed by atoms with E-state index < -0.39 is 0 Å². The van der Waals surface area contributed by atoms with Crippen LogP contribution in [0.3, 0.4) is 0 Å². The Kier molecular flexibility index (Phi) is 3.52. The van der Waals surface area contributed by atoms with Crippen molar-refractivity contribution in [2.45, 2.75) is 20.0 Å². The molecule has 32 heavy (non-hydrogen) atoms. The molecule has 0 aliphatic carbocycles. The van der Waals surface area contributed by atoms with Crippen LogP contribution in [0.15, 0.2) is 72.8 Å². The zero-order chi connectivity index (χ0) is 21.4. The topological polar surface area (TPSA) is 24.3 Å². The highest BCUT2D eigenvalue weighted by atomic mass is 16.5. The maximum absolute atomic E-state index is 6.52. The van der Waals surface area contributed by atoms with Gasteiger partial charge in [0.15, 0.2) is 6.54 Å². The second kappa shape index (κ2) is 6.33. The first-order valence-corrected chi connectivity index (χ1v) is 11.2. The smallest absolute Gasteiger partial charge is 0.211 e. The van der Waals surface area contributed by atoms with E-state index in [1.165, 1.54) is 55.1 Å². The van der Waals surface area contributed by atoms with Gasteiger partial charge in [-0.1, -0.05) is 48.5 Å². The van der Waals surface area contributed by atoms with E-state index >= 15 is 0 Å². The van der Waals surface area contributed by atoms with E-state index in [4.69, 9.17) is 4.74 Å². The Morgan fingerprint density at radius 1 is 0.750 bits per heavy atom. The third-order valence-electron chi connectivity index (χ3n) is 7.15. The zero-order valence-corrected chi connectivity index (χ0v) is 18.2. The van der Waals surface area contributed by atoms with Gasteiger partial charge in [-0.2, -0.15) is 0 Å². The van der Waals surface area contributed by atoms with Gasteiger partial charge in [-0.3, -0.25) is 0 Å². The minimum Gasteiger partial charge on any atom is -0.456 e. The number of rotatable bonds is 0. The Morgan fingerprint density at radius 2 is 1.50 bits per heavy atom. The number of hydrogen-bond donors (Lipinski definition) is 1. The van der Waals surface area contributed by atoms with Crippen LogP contribution in [-0.2, 0) is 13.1 Å². The van der Waals surface area contributed by atoms with Crippen LogP contribution in [0.5, 0.6) is 11.5 Å². The number of anilines is 1. The normalized spacial score (nSPS) is 14.7. The molecule has 0 spiro atoms. The summed E-state index contributed by atoms with van der Waals surface area (Å²) in [5.41, 5.74) is 11.5. The van der Waals surface area contributed by atoms with Crippen molar-refractivity contribution in [3.05, 3.63) is 100 Å². The van der Waals surface area contributed by atoms with Gasteiger partial charge < -0.3 is 10.1 Å². The third kappa shape index (κ3) is 2.39. The second-order valence-corrected chi connectivity index (χ2v) is 9.01. The quantitative estimate of drug-likeness (QED) is 0.413. The third-order valence-corrected chi connectivity index (χ3v) is 7.15. The molecule has 0 atom stereocenters. The minimum absolute atomic E-state index is 0.846. The van der Waals surface area contributed by atoms with Crippen LogP contribution in [0, 0.1) is 0 Å². The van der Waals surface area contributed by atoms with Crippen molar-refractivity contribution in [3.8, 4) is 33.8 Å². The van der Waals surface area contributed by atoms with E-state index in [1.807, 2.05) is 0 Å². The molecule has 0 saturated carbocycles. The Balaban J connectivity index is 1.50. The number of nitrogens with one attached hydrogen (secondary N) is 1. The van der Waals surface area contributed by atoms with E-state index in [1.54, 1.807) is 0 Å². The van der Waals surface area contributed by atoms with Gasteiger partial charge in [0.05, 0.1) is 11.6 Å². The maximum atomic E-state index is 6.52. The Morgan fingerprint density at radius 3 is 2.34 bits per heavy atom. The predicted molar refractivity (Wildman–Crippen MR) is 129 cm³/mol. The molecule has 3 nitrogen and oxygen atoms in total. The van der Waals surface area contributed by atoms with E-state index in [9.17, 15) is 0 Å². The SMILES string of the molecule is CC1=c2cc3c(cc2Oc2cc4c(cc21)-c1ccccc1CN4)=[N+](C)Cc1ccccc1-3. The molecule has 0 saturated heterocycles. The second-order valence-electron chi connectivity index (χ2n) is 9.01. The number of hydrogen-bond acceptors (Lipinski definition) is 2. The molecule has 154 valence electrons. The van der Waals surface area contributed by atoms with Gasteiger partial charge in [0.25, 0.3) is 0 Å². The Hall–Kier alpha value is -3.85. The standard InChI is InChI=1S/C29H22N2O/c1-17-22-11-24-20-9-5-3-7-18(20)15-30-26(24)13-28(22)32-29-14-27-25(12-23(17)29)21-10-6-4-8-19(21)16-31(27)2/h3-14H,15-16H2,1-2H3/p+1. The zero-order valence-electron chi connectivity index (χ0n) is 18.2. The molecule has 1 N–H and O–H groups in total. The first kappa shape index (κ1) is 17.8. The van der Waals surface area contributed by atoms with Gasteiger partial charge in [-0.05, 0) is 41.3 Å². The largest absolute Gasteiger partial charge is 0.456 e. The van der Waals surface area contributed by atoms with Crippen molar-refractivity contribution < 1.29 is 4.74 Å². The van der Waals surface area contributed by atoms with E-state index in [0.717, 1.165) is 30.3 Å². The molecule has 3 aliphatic heterocycles. The van der Waals surface area contributed by atoms with Crippen molar-refractivity contribution in [1.29, 1.82) is 0 Å². The van der Waals surface area contributed by atoms with Crippen LogP contribution >= 0.6 is 0 Å². The fourth-order valence-electron chi connectivity index (χ4n) is 5.46. The molecule has 0 unspecified atom stereocenters. The average Bonchev–Trinajstić information content (AvgIpc) is 2.83. The molecule has 7 rings (SSSR count). The lowest BCUT2D eigenvalue weighted by molar-refractivity contribution is 0.470. The van der Waals surface area contributed by atoms with Crippen LogP contribution in [-0.4, -0.2) is 7.05 Å². The van der Waals surface area contributed by atoms with Crippen LogP contribution in [0.4, 0.5) is 5.69 Å². The van der Waals surface area contributed by atoms with Gasteiger partial charge in [0.2, 0.25) is 5.36 Å². The van der Waals surface area contributed by atoms with E-state index in [0.29, 0.717) is 0 Å². The summed E-state index contributed by atoms with van der Waals surface area (Å²) < 4.78 is 8.83. The van der Waals surface area contributed by atoms with Gasteiger partial charge in [0, 0.05) is 40.2 Å². The maximum Gasteiger partial charge on any atom is 0.211 e. The summed E-state index contributed by atoms with van der Waals surface area (Å²) in [6.45, 7) is 3.98. The number of benzene rings is 4. The predicted octanol–water partition coefficient (Wildman–Crippen LogP) is 4.91. The lowest BCUT2D eigenvalue weighted by atomic mass is 9.89. The highest BCUT2D eigenvalue weighted by molar-refractivity contribution is 5.89. The average molecular weight is 416 g/mol. The number of ether oxygens (including phenoxy) is 1. The highest BCUT2D eigenvalue weighted by Crippen LogP contribution is 2.43. The summed E-state index contributed by atoms with van der Waals surface area (Å²) in [6, 6.07) is 26.4. The molecule has 0 amide bonds. The summed E-state index contributed by atoms with van der Waals surface area (Å²) in [5.74, 6) is 1.87. The monoisotopic (exact) mass is 415 g/mol. The lowest BCUT2D eigenvalue weighted by Crippen LogP contribution is -2.33. The molecule has 3 heterocycles. The summed E-state index contributed by atoms with van der Waals surface area (Å²) in [6.07, 6.45) is 0. The summed E-state index contributed by atoms with van der Waals surface area (Å²) in [7, 11) is 2.16. The van der Waals surface area contributed by atoms with E-state index in [2.05, 4.69) is 96.7 Å². The van der Waals surface area contributed by atoms with Crippen molar-refractivity contribution in [2.75, 3.05) is 12.4 Å². The van der Waals surface area contributed by atoms with Gasteiger partial charge in [0.1, 0.15) is 18.5 Å². The fraction of sp³-hybridized carbons (Fsp3) is 0.138. The Bertz CT molecular complexity index is 1600. The van der Waals surface area contributed by atoms with Crippen LogP contribution in [0.2, 0.25) is 0 Å². The summed E-state index contributed by atoms with van der Waals surface area (Å²) in [5, 5.41) is 5.98. The molecule has 4 aromatic rings. The lowest BCUT2D eigenvalue weighted by Gasteiger charge is -2.26. The van der Waals surface area contributed by atoms with Crippen LogP contribution < -0.4 is 25.2 Å². The number of nitrogens with zero attached hydrogens (tertiary/aromatic N) is 1. The van der Waals surface area contributed by atoms with Crippen LogP contribution in [0.25, 0.3) is 27.8 Å². The van der Waals surface area contributed by atoms with Gasteiger partial charge >= 0.3 is 0 Å². The van der Waals surface area contributed by atoms with Crippen LogP contribution in [0.1, 0.15) is 23.6 Å². The fourth-order valence-corrected chi connectivity index (χ4v) is 5.46. The molecule has 3 heteroatoms. The van der Waals surface area contributed by atoms with Crippen molar-refractivity contribution in [3.63, 3.8) is 0 Å². The molecule has 3 aliphatic rings. The summed E-state index contributed by atoms with van der Waals surface area (Å²) >= 11 is 0. The molecular formula is C29H23N2O+. The minimum atomic E-state index is 0.846. The van der Waals surface area contributed by atoms with Crippen molar-refractivity contribution in [2.24, 2.45) is 0 Å². The highest BCUT2D eigenvalue weighted by Gasteiger charge is 2.26. The molecule has 0 fully saturated rings. The first-order valence-electron chi connectivity index (χ1n) is 11.2. The van der Waals surface area contributed by atoms with Crippen molar-refractivity contribution >= 4 is 11.3 Å². The molecule has 0 bridgehead atoms.